The first-order chi connectivity index (χ1) is 9.47. The second-order valence-electron chi connectivity index (χ2n) is 4.70. The number of nitrogens with zero attached hydrogens (tertiary/aromatic N) is 4. The Balaban J connectivity index is 0.00000220. The van der Waals surface area contributed by atoms with Crippen molar-refractivity contribution in [3.05, 3.63) is 22.7 Å². The van der Waals surface area contributed by atoms with Crippen molar-refractivity contribution in [3.8, 4) is 0 Å². The van der Waals surface area contributed by atoms with Crippen molar-refractivity contribution < 1.29 is 4.79 Å². The SMILES string of the molecule is CCC(N)(CC)CNC(=O)c1nc2ncc(Br)cn2n1.Cl. The van der Waals surface area contributed by atoms with Crippen LogP contribution in [0, 0.1) is 0 Å². The van der Waals surface area contributed by atoms with Crippen LogP contribution < -0.4 is 11.1 Å². The first-order valence-electron chi connectivity index (χ1n) is 6.42. The highest BCUT2D eigenvalue weighted by Crippen LogP contribution is 2.10. The van der Waals surface area contributed by atoms with E-state index in [9.17, 15) is 4.79 Å². The lowest BCUT2D eigenvalue weighted by atomic mass is 9.94. The fraction of sp³-hybridized carbons (Fsp3) is 0.500. The average molecular weight is 378 g/mol. The number of hydrogen-bond acceptors (Lipinski definition) is 5. The fourth-order valence-corrected chi connectivity index (χ4v) is 1.99. The van der Waals surface area contributed by atoms with E-state index in [1.54, 1.807) is 12.4 Å². The van der Waals surface area contributed by atoms with Crippen LogP contribution in [0.15, 0.2) is 16.9 Å². The Kier molecular flexibility index (Phi) is 6.06. The highest BCUT2D eigenvalue weighted by molar-refractivity contribution is 9.10. The van der Waals surface area contributed by atoms with E-state index in [1.807, 2.05) is 13.8 Å². The fourth-order valence-electron chi connectivity index (χ4n) is 1.69. The molecular weight excluding hydrogens is 360 g/mol. The Hall–Kier alpha value is -1.25. The molecule has 0 bridgehead atoms. The quantitative estimate of drug-likeness (QED) is 0.824. The Labute approximate surface area is 137 Å². The van der Waals surface area contributed by atoms with Gasteiger partial charge < -0.3 is 11.1 Å². The van der Waals surface area contributed by atoms with Crippen LogP contribution in [0.2, 0.25) is 0 Å². The minimum absolute atomic E-state index is 0. The molecular formula is C12H18BrClN6O. The van der Waals surface area contributed by atoms with Crippen LogP contribution in [0.3, 0.4) is 0 Å². The highest BCUT2D eigenvalue weighted by atomic mass is 79.9. The molecule has 0 atom stereocenters. The second-order valence-corrected chi connectivity index (χ2v) is 5.62. The number of nitrogens with one attached hydrogen (secondary N) is 1. The summed E-state index contributed by atoms with van der Waals surface area (Å²) in [6.07, 6.45) is 4.87. The number of halogens is 2. The molecule has 0 radical (unpaired) electrons. The number of rotatable bonds is 5. The van der Waals surface area contributed by atoms with Gasteiger partial charge in [-0.3, -0.25) is 4.79 Å². The van der Waals surface area contributed by atoms with Crippen LogP contribution in [0.1, 0.15) is 37.3 Å². The molecule has 7 nitrogen and oxygen atoms in total. The lowest BCUT2D eigenvalue weighted by Crippen LogP contribution is -2.49. The third-order valence-electron chi connectivity index (χ3n) is 3.37. The number of hydrogen-bond donors (Lipinski definition) is 2. The molecule has 2 aromatic heterocycles. The maximum atomic E-state index is 12.0. The smallest absolute Gasteiger partial charge is 0.291 e. The maximum Gasteiger partial charge on any atom is 0.291 e. The van der Waals surface area contributed by atoms with Gasteiger partial charge in [-0.15, -0.1) is 17.5 Å². The standard InChI is InChI=1S/C12H17BrN6O.ClH/c1-3-12(14,4-2)7-16-10(20)9-17-11-15-5-8(13)6-19(11)18-9;/h5-6H,3-4,7,14H2,1-2H3,(H,16,20);1H. The normalized spacial score (nSPS) is 11.2. The van der Waals surface area contributed by atoms with Crippen molar-refractivity contribution in [2.45, 2.75) is 32.2 Å². The van der Waals surface area contributed by atoms with E-state index >= 15 is 0 Å². The number of amides is 1. The van der Waals surface area contributed by atoms with Gasteiger partial charge in [-0.25, -0.2) is 9.50 Å². The predicted molar refractivity (Wildman–Crippen MR) is 85.6 cm³/mol. The van der Waals surface area contributed by atoms with E-state index in [2.05, 4.69) is 36.3 Å². The van der Waals surface area contributed by atoms with Crippen molar-refractivity contribution in [2.24, 2.45) is 5.73 Å². The minimum Gasteiger partial charge on any atom is -0.347 e. The molecule has 0 aliphatic rings. The predicted octanol–water partition coefficient (Wildman–Crippen LogP) is 1.56. The van der Waals surface area contributed by atoms with Gasteiger partial charge in [0.1, 0.15) is 0 Å². The Morgan fingerprint density at radius 1 is 1.48 bits per heavy atom. The van der Waals surface area contributed by atoms with Crippen molar-refractivity contribution in [1.82, 2.24) is 24.9 Å². The number of aromatic nitrogens is 4. The van der Waals surface area contributed by atoms with E-state index in [4.69, 9.17) is 5.73 Å². The topological polar surface area (TPSA) is 98.2 Å². The molecule has 0 spiro atoms. The van der Waals surface area contributed by atoms with E-state index in [1.165, 1.54) is 4.52 Å². The molecule has 2 rings (SSSR count). The number of carbonyl (C=O) groups is 1. The second kappa shape index (κ2) is 7.15. The molecule has 0 aliphatic heterocycles. The summed E-state index contributed by atoms with van der Waals surface area (Å²) in [5.74, 6) is 0.122. The third-order valence-corrected chi connectivity index (χ3v) is 3.78. The summed E-state index contributed by atoms with van der Waals surface area (Å²) in [6.45, 7) is 4.39. The number of fused-ring (bicyclic) bond motifs is 1. The van der Waals surface area contributed by atoms with Gasteiger partial charge in [0.15, 0.2) is 0 Å². The lowest BCUT2D eigenvalue weighted by molar-refractivity contribution is 0.0932. The van der Waals surface area contributed by atoms with Crippen molar-refractivity contribution >= 4 is 40.0 Å². The molecule has 2 heterocycles. The van der Waals surface area contributed by atoms with E-state index in [0.29, 0.717) is 12.3 Å². The summed E-state index contributed by atoms with van der Waals surface area (Å²) in [5.41, 5.74) is 5.75. The lowest BCUT2D eigenvalue weighted by Gasteiger charge is -2.26. The van der Waals surface area contributed by atoms with Gasteiger partial charge in [0.05, 0.1) is 4.47 Å². The average Bonchev–Trinajstić information content (AvgIpc) is 2.87. The Morgan fingerprint density at radius 3 is 2.76 bits per heavy atom. The molecule has 1 amide bonds. The van der Waals surface area contributed by atoms with Gasteiger partial charge in [0.25, 0.3) is 11.7 Å². The summed E-state index contributed by atoms with van der Waals surface area (Å²) in [6, 6.07) is 0. The van der Waals surface area contributed by atoms with Crippen molar-refractivity contribution in [3.63, 3.8) is 0 Å². The van der Waals surface area contributed by atoms with Gasteiger partial charge >= 0.3 is 0 Å². The summed E-state index contributed by atoms with van der Waals surface area (Å²) in [4.78, 5) is 20.2. The molecule has 2 aromatic rings. The van der Waals surface area contributed by atoms with Crippen LogP contribution in [0.5, 0.6) is 0 Å². The molecule has 21 heavy (non-hydrogen) atoms. The zero-order valence-electron chi connectivity index (χ0n) is 11.8. The van der Waals surface area contributed by atoms with Gasteiger partial charge in [-0.05, 0) is 28.8 Å². The van der Waals surface area contributed by atoms with Crippen LogP contribution in [-0.4, -0.2) is 37.6 Å². The summed E-state index contributed by atoms with van der Waals surface area (Å²) in [7, 11) is 0. The minimum atomic E-state index is -0.393. The molecule has 0 saturated carbocycles. The van der Waals surface area contributed by atoms with Gasteiger partial charge in [-0.2, -0.15) is 4.98 Å². The highest BCUT2D eigenvalue weighted by Gasteiger charge is 2.22. The zero-order chi connectivity index (χ0) is 14.8. The van der Waals surface area contributed by atoms with Gasteiger partial charge in [-0.1, -0.05) is 13.8 Å². The van der Waals surface area contributed by atoms with Crippen molar-refractivity contribution in [2.75, 3.05) is 6.54 Å². The van der Waals surface area contributed by atoms with Crippen LogP contribution >= 0.6 is 28.3 Å². The van der Waals surface area contributed by atoms with Gasteiger partial charge in [0, 0.05) is 24.5 Å². The Bertz CT molecular complexity index is 627. The first-order valence-corrected chi connectivity index (χ1v) is 7.21. The molecule has 3 N–H and O–H groups in total. The molecule has 0 aromatic carbocycles. The summed E-state index contributed by atoms with van der Waals surface area (Å²) >= 11 is 3.29. The molecule has 116 valence electrons. The number of carbonyl (C=O) groups excluding carboxylic acids is 1. The van der Waals surface area contributed by atoms with Crippen molar-refractivity contribution in [1.29, 1.82) is 0 Å². The van der Waals surface area contributed by atoms with Crippen LogP contribution in [-0.2, 0) is 0 Å². The van der Waals surface area contributed by atoms with Crippen LogP contribution in [0.4, 0.5) is 0 Å². The monoisotopic (exact) mass is 376 g/mol. The maximum absolute atomic E-state index is 12.0. The number of nitrogens with two attached hydrogens (primary N) is 1. The van der Waals surface area contributed by atoms with Crippen LogP contribution in [0.25, 0.3) is 5.78 Å². The molecule has 0 fully saturated rings. The van der Waals surface area contributed by atoms with Gasteiger partial charge in [0.2, 0.25) is 5.82 Å². The largest absolute Gasteiger partial charge is 0.347 e. The summed E-state index contributed by atoms with van der Waals surface area (Å²) in [5, 5.41) is 6.86. The molecule has 0 aliphatic carbocycles. The Morgan fingerprint density at radius 2 is 2.14 bits per heavy atom. The summed E-state index contributed by atoms with van der Waals surface area (Å²) < 4.78 is 2.22. The molecule has 9 heteroatoms. The molecule has 0 saturated heterocycles. The van der Waals surface area contributed by atoms with E-state index < -0.39 is 5.54 Å². The third kappa shape index (κ3) is 4.12. The first kappa shape index (κ1) is 17.8. The van der Waals surface area contributed by atoms with E-state index in [-0.39, 0.29) is 24.1 Å². The zero-order valence-corrected chi connectivity index (χ0v) is 14.2. The van der Waals surface area contributed by atoms with E-state index in [0.717, 1.165) is 17.3 Å². The molecule has 0 unspecified atom stereocenters.